The summed E-state index contributed by atoms with van der Waals surface area (Å²) in [6.45, 7) is 1.61. The Labute approximate surface area is 424 Å². The van der Waals surface area contributed by atoms with Gasteiger partial charge in [-0.1, -0.05) is 72.8 Å². The molecule has 0 spiro atoms. The van der Waals surface area contributed by atoms with Crippen LogP contribution < -0.4 is 29.2 Å². The molecule has 0 bridgehead atoms. The number of carbonyl (C=O) groups excluding carboxylic acids is 4. The summed E-state index contributed by atoms with van der Waals surface area (Å²) in [6, 6.07) is 30.1. The van der Waals surface area contributed by atoms with Crippen molar-refractivity contribution in [2.75, 3.05) is 31.5 Å². The fourth-order valence-electron chi connectivity index (χ4n) is 7.71. The van der Waals surface area contributed by atoms with E-state index in [4.69, 9.17) is 30.5 Å². The van der Waals surface area contributed by atoms with Gasteiger partial charge in [0.15, 0.2) is 28.8 Å². The Morgan fingerprint density at radius 3 is 1.55 bits per heavy atom. The molecular formula is C50H43ClN6O17. The molecule has 0 unspecified atom stereocenters. The van der Waals surface area contributed by atoms with E-state index in [9.17, 15) is 59.6 Å². The summed E-state index contributed by atoms with van der Waals surface area (Å²) in [5.41, 5.74) is 2.12. The number of fused-ring (bicyclic) bond motifs is 2. The van der Waals surface area contributed by atoms with Gasteiger partial charge in [0.1, 0.15) is 30.4 Å². The molecule has 0 saturated carbocycles. The Bertz CT molecular complexity index is 3160. The van der Waals surface area contributed by atoms with E-state index in [-0.39, 0.29) is 82.6 Å². The Morgan fingerprint density at radius 2 is 1.09 bits per heavy atom. The van der Waals surface area contributed by atoms with E-state index in [0.717, 1.165) is 33.7 Å². The summed E-state index contributed by atoms with van der Waals surface area (Å²) < 4.78 is 26.3. The van der Waals surface area contributed by atoms with Gasteiger partial charge >= 0.3 is 5.97 Å². The molecule has 74 heavy (non-hydrogen) atoms. The SMILES string of the molecule is COC(=O)[C@@H]1Cc2ccc([N+](=O)[O-])cc2N1.COc1cc(C(=O)Cl)c([N+](=O)[O-])cc1OCc1ccccc1.COc1cc(C(=O)N2c3cc([N+](=O)[O-])ccc3C[C@H]2C(C)=O)c([N+](=O)[O-])cc1OCc1ccccc1. The Hall–Kier alpha value is -9.51. The zero-order chi connectivity index (χ0) is 53.8. The molecule has 0 saturated heterocycles. The van der Waals surface area contributed by atoms with Crippen molar-refractivity contribution >= 4 is 68.6 Å². The van der Waals surface area contributed by atoms with Crippen molar-refractivity contribution in [1.29, 1.82) is 0 Å². The van der Waals surface area contributed by atoms with Gasteiger partial charge in [-0.15, -0.1) is 0 Å². The van der Waals surface area contributed by atoms with Crippen LogP contribution in [0.3, 0.4) is 0 Å². The van der Waals surface area contributed by atoms with E-state index in [1.807, 2.05) is 60.7 Å². The summed E-state index contributed by atoms with van der Waals surface area (Å²) in [5, 5.41) is 46.8. The number of amides is 1. The van der Waals surface area contributed by atoms with Gasteiger partial charge in [0.25, 0.3) is 33.9 Å². The first-order chi connectivity index (χ1) is 35.3. The predicted octanol–water partition coefficient (Wildman–Crippen LogP) is 8.92. The number of esters is 1. The third-order valence-electron chi connectivity index (χ3n) is 11.4. The monoisotopic (exact) mass is 1030 g/mol. The van der Waals surface area contributed by atoms with E-state index < -0.39 is 54.3 Å². The number of hydrogen-bond donors (Lipinski definition) is 1. The van der Waals surface area contributed by atoms with E-state index >= 15 is 0 Å². The lowest BCUT2D eigenvalue weighted by Gasteiger charge is -2.24. The molecule has 1 N–H and O–H groups in total. The highest BCUT2D eigenvalue weighted by Crippen LogP contribution is 2.41. The summed E-state index contributed by atoms with van der Waals surface area (Å²) in [6.07, 6.45) is 0.637. The van der Waals surface area contributed by atoms with Gasteiger partial charge in [-0.05, 0) is 40.8 Å². The molecule has 2 aliphatic heterocycles. The van der Waals surface area contributed by atoms with Crippen LogP contribution in [0.1, 0.15) is 49.9 Å². The molecule has 8 rings (SSSR count). The average molecular weight is 1040 g/mol. The molecule has 0 aromatic heterocycles. The molecule has 2 heterocycles. The zero-order valence-corrected chi connectivity index (χ0v) is 40.3. The highest BCUT2D eigenvalue weighted by molar-refractivity contribution is 6.68. The topological polar surface area (TPSA) is 302 Å². The molecular weight excluding hydrogens is 992 g/mol. The van der Waals surface area contributed by atoms with Gasteiger partial charge in [-0.2, -0.15) is 0 Å². The van der Waals surface area contributed by atoms with Gasteiger partial charge in [0, 0.05) is 54.9 Å². The van der Waals surface area contributed by atoms with Gasteiger partial charge < -0.3 is 29.0 Å². The number of rotatable bonds is 16. The number of anilines is 2. The lowest BCUT2D eigenvalue weighted by atomic mass is 10.1. The second kappa shape index (κ2) is 24.1. The summed E-state index contributed by atoms with van der Waals surface area (Å²) in [5.74, 6) is -1.07. The molecule has 0 radical (unpaired) electrons. The van der Waals surface area contributed by atoms with Crippen LogP contribution in [0.4, 0.5) is 34.1 Å². The summed E-state index contributed by atoms with van der Waals surface area (Å²) in [4.78, 5) is 92.1. The molecule has 0 fully saturated rings. The lowest BCUT2D eigenvalue weighted by Crippen LogP contribution is -2.42. The number of hydrogen-bond acceptors (Lipinski definition) is 18. The van der Waals surface area contributed by atoms with Crippen LogP contribution in [-0.4, -0.2) is 76.0 Å². The van der Waals surface area contributed by atoms with Crippen LogP contribution >= 0.6 is 11.6 Å². The Morgan fingerprint density at radius 1 is 0.608 bits per heavy atom. The molecule has 1 amide bonds. The first-order valence-corrected chi connectivity index (χ1v) is 22.2. The highest BCUT2D eigenvalue weighted by atomic mass is 35.5. The van der Waals surface area contributed by atoms with Crippen LogP contribution in [0.15, 0.2) is 121 Å². The van der Waals surface area contributed by atoms with E-state index in [1.165, 1.54) is 70.7 Å². The lowest BCUT2D eigenvalue weighted by molar-refractivity contribution is -0.385. The number of ether oxygens (including phenoxy) is 5. The maximum Gasteiger partial charge on any atom is 0.328 e. The van der Waals surface area contributed by atoms with Gasteiger partial charge in [-0.3, -0.25) is 59.7 Å². The van der Waals surface area contributed by atoms with Gasteiger partial charge in [-0.25, -0.2) is 4.79 Å². The minimum absolute atomic E-state index is 0.0109. The van der Waals surface area contributed by atoms with Crippen molar-refractivity contribution < 1.29 is 62.6 Å². The average Bonchev–Trinajstić information content (AvgIpc) is 4.01. The number of non-ortho nitro benzene ring substituents is 2. The third-order valence-corrected chi connectivity index (χ3v) is 11.6. The van der Waals surface area contributed by atoms with Crippen LogP contribution in [0.5, 0.6) is 23.0 Å². The van der Waals surface area contributed by atoms with Crippen LogP contribution in [0, 0.1) is 40.5 Å². The number of nitro benzene ring substituents is 4. The van der Waals surface area contributed by atoms with Crippen LogP contribution in [-0.2, 0) is 40.4 Å². The van der Waals surface area contributed by atoms with Gasteiger partial charge in [0.05, 0.1) is 64.9 Å². The Kier molecular flexibility index (Phi) is 17.5. The number of nitrogens with one attached hydrogen (secondary N) is 1. The second-order valence-corrected chi connectivity index (χ2v) is 16.3. The van der Waals surface area contributed by atoms with Crippen molar-refractivity contribution in [3.63, 3.8) is 0 Å². The highest BCUT2D eigenvalue weighted by Gasteiger charge is 2.41. The number of Topliss-reactive ketones (excluding diaryl/α,β-unsaturated/α-hetero) is 1. The first-order valence-electron chi connectivity index (χ1n) is 21.8. The van der Waals surface area contributed by atoms with E-state index in [2.05, 4.69) is 10.1 Å². The number of halogens is 1. The number of carbonyl (C=O) groups is 4. The van der Waals surface area contributed by atoms with Crippen molar-refractivity contribution in [2.45, 2.75) is 45.1 Å². The molecule has 6 aromatic rings. The number of ketones is 1. The predicted molar refractivity (Wildman–Crippen MR) is 265 cm³/mol. The fraction of sp³-hybridized carbons (Fsp3) is 0.200. The maximum absolute atomic E-state index is 13.7. The molecule has 2 atom stereocenters. The standard InChI is InChI=1S/C25H21N3O8.C15H12ClNO5.C10H10N2O4/c1-15(29)20-10-17-8-9-18(27(31)32)11-21(17)26(20)25(30)19-12-23(35-2)24(13-22(19)28(33)34)36-14-16-6-4-3-5-7-16;1-21-13-7-11(15(16)18)12(17(19)20)8-14(13)22-9-10-5-3-2-4-6-10;1-16-10(13)9-4-6-2-3-7(12(14)15)5-8(6)11-9/h3-9,11-13,20H,10,14H2,1-2H3;2-8H,9H2,1H3;2-3,5,9,11H,4H2,1H3/t20-;;9-/m0.0/s1. The number of benzene rings is 6. The second-order valence-electron chi connectivity index (χ2n) is 16.0. The molecule has 6 aromatic carbocycles. The fourth-order valence-corrected chi connectivity index (χ4v) is 7.87. The Balaban J connectivity index is 0.000000199. The zero-order valence-electron chi connectivity index (χ0n) is 39.6. The maximum atomic E-state index is 13.7. The van der Waals surface area contributed by atoms with E-state index in [1.54, 1.807) is 6.07 Å². The smallest absolute Gasteiger partial charge is 0.328 e. The number of methoxy groups -OCH3 is 3. The van der Waals surface area contributed by atoms with E-state index in [0.29, 0.717) is 17.7 Å². The first kappa shape index (κ1) is 53.8. The third kappa shape index (κ3) is 12.7. The molecule has 0 aliphatic carbocycles. The molecule has 2 aliphatic rings. The van der Waals surface area contributed by atoms with Crippen molar-refractivity contribution in [3.05, 3.63) is 195 Å². The van der Waals surface area contributed by atoms with Crippen molar-refractivity contribution in [1.82, 2.24) is 0 Å². The summed E-state index contributed by atoms with van der Waals surface area (Å²) >= 11 is 5.37. The van der Waals surface area contributed by atoms with Crippen molar-refractivity contribution in [3.8, 4) is 23.0 Å². The minimum Gasteiger partial charge on any atom is -0.493 e. The molecule has 382 valence electrons. The quantitative estimate of drug-likeness (QED) is 0.0409. The minimum atomic E-state index is -0.964. The number of nitro groups is 4. The summed E-state index contributed by atoms with van der Waals surface area (Å²) in [7, 11) is 4.02. The molecule has 24 heteroatoms. The number of nitrogens with zero attached hydrogens (tertiary/aromatic N) is 5. The molecule has 23 nitrogen and oxygen atoms in total. The van der Waals surface area contributed by atoms with Crippen LogP contribution in [0.25, 0.3) is 0 Å². The van der Waals surface area contributed by atoms with Crippen LogP contribution in [0.2, 0.25) is 0 Å². The largest absolute Gasteiger partial charge is 0.493 e. The van der Waals surface area contributed by atoms with Gasteiger partial charge in [0.2, 0.25) is 0 Å². The normalized spacial score (nSPS) is 13.7. The van der Waals surface area contributed by atoms with Crippen molar-refractivity contribution in [2.24, 2.45) is 0 Å².